The largest absolute Gasteiger partial charge is 0.482 e. The van der Waals surface area contributed by atoms with Crippen LogP contribution in [-0.4, -0.2) is 37.7 Å². The lowest BCUT2D eigenvalue weighted by Gasteiger charge is -2.09. The molecule has 3 N–H and O–H groups in total. The normalized spacial score (nSPS) is 11.0. The van der Waals surface area contributed by atoms with Gasteiger partial charge in [0.15, 0.2) is 6.61 Å². The minimum atomic E-state index is -0.497. The molecule has 0 fully saturated rings. The molecule has 0 aliphatic carbocycles. The summed E-state index contributed by atoms with van der Waals surface area (Å²) in [7, 11) is 0. The van der Waals surface area contributed by atoms with Crippen LogP contribution in [0, 0.1) is 0 Å². The number of carbonyl (C=O) groups is 2. The lowest BCUT2D eigenvalue weighted by molar-refractivity contribution is -0.145. The topological polar surface area (TPSA) is 90.6 Å². The Kier molecular flexibility index (Phi) is 9.98. The van der Waals surface area contributed by atoms with E-state index in [1.165, 1.54) is 0 Å². The maximum absolute atomic E-state index is 11.3. The van der Waals surface area contributed by atoms with Crippen LogP contribution in [0.5, 0.6) is 5.75 Å². The van der Waals surface area contributed by atoms with E-state index in [1.807, 2.05) is 12.1 Å². The first kappa shape index (κ1) is 20.2. The van der Waals surface area contributed by atoms with Crippen LogP contribution in [-0.2, 0) is 20.7 Å². The fourth-order valence-electron chi connectivity index (χ4n) is 1.59. The Morgan fingerprint density at radius 2 is 1.91 bits per heavy atom. The van der Waals surface area contributed by atoms with Gasteiger partial charge < -0.3 is 20.5 Å². The van der Waals surface area contributed by atoms with Crippen molar-refractivity contribution >= 4 is 24.3 Å². The summed E-state index contributed by atoms with van der Waals surface area (Å²) >= 11 is 0. The van der Waals surface area contributed by atoms with E-state index in [1.54, 1.807) is 26.0 Å². The summed E-state index contributed by atoms with van der Waals surface area (Å²) in [5, 5.41) is 2.74. The van der Waals surface area contributed by atoms with Crippen molar-refractivity contribution in [3.63, 3.8) is 0 Å². The lowest BCUT2D eigenvalue weighted by Crippen LogP contribution is -2.39. The molecule has 1 rings (SSSR count). The van der Waals surface area contributed by atoms with Crippen molar-refractivity contribution in [3.05, 3.63) is 29.8 Å². The molecule has 0 spiro atoms. The van der Waals surface area contributed by atoms with Crippen molar-refractivity contribution in [2.75, 3.05) is 19.8 Å². The van der Waals surface area contributed by atoms with E-state index >= 15 is 0 Å². The van der Waals surface area contributed by atoms with Crippen LogP contribution < -0.4 is 15.8 Å². The zero-order chi connectivity index (χ0) is 15.7. The van der Waals surface area contributed by atoms with Crippen molar-refractivity contribution in [3.8, 4) is 5.75 Å². The van der Waals surface area contributed by atoms with E-state index in [0.717, 1.165) is 5.56 Å². The van der Waals surface area contributed by atoms with Gasteiger partial charge in [0.25, 0.3) is 0 Å². The quantitative estimate of drug-likeness (QED) is 0.695. The highest BCUT2D eigenvalue weighted by atomic mass is 35.5. The average molecular weight is 331 g/mol. The summed E-state index contributed by atoms with van der Waals surface area (Å²) in [6, 6.07) is 6.84. The van der Waals surface area contributed by atoms with Crippen LogP contribution in [0.15, 0.2) is 24.3 Å². The number of esters is 1. The van der Waals surface area contributed by atoms with Gasteiger partial charge in [0.1, 0.15) is 5.75 Å². The molecular formula is C15H23ClN2O4. The highest BCUT2D eigenvalue weighted by Gasteiger charge is 2.06. The molecule has 1 atom stereocenters. The molecule has 0 unspecified atom stereocenters. The highest BCUT2D eigenvalue weighted by Crippen LogP contribution is 2.12. The summed E-state index contributed by atoms with van der Waals surface area (Å²) in [5.41, 5.74) is 6.51. The summed E-state index contributed by atoms with van der Waals surface area (Å²) < 4.78 is 10.1. The van der Waals surface area contributed by atoms with Gasteiger partial charge in [-0.15, -0.1) is 12.4 Å². The Morgan fingerprint density at radius 3 is 2.45 bits per heavy atom. The summed E-state index contributed by atoms with van der Waals surface area (Å²) in [5.74, 6) is 0.0519. The molecule has 124 valence electrons. The SMILES string of the molecule is CCOC(=O)COc1ccc(CCNC(=O)[C@H](C)N)cc1.Cl. The molecule has 1 aromatic carbocycles. The number of benzene rings is 1. The number of halogens is 1. The van der Waals surface area contributed by atoms with Crippen molar-refractivity contribution in [2.24, 2.45) is 5.73 Å². The first-order chi connectivity index (χ1) is 10.0. The molecule has 0 aliphatic heterocycles. The number of hydrogen-bond donors (Lipinski definition) is 2. The lowest BCUT2D eigenvalue weighted by atomic mass is 10.1. The summed E-state index contributed by atoms with van der Waals surface area (Å²) in [6.07, 6.45) is 0.705. The van der Waals surface area contributed by atoms with E-state index in [-0.39, 0.29) is 30.9 Å². The van der Waals surface area contributed by atoms with Gasteiger partial charge in [0, 0.05) is 6.54 Å². The Morgan fingerprint density at radius 1 is 1.27 bits per heavy atom. The van der Waals surface area contributed by atoms with Gasteiger partial charge in [-0.3, -0.25) is 4.79 Å². The molecule has 0 radical (unpaired) electrons. The monoisotopic (exact) mass is 330 g/mol. The van der Waals surface area contributed by atoms with Gasteiger partial charge in [0.2, 0.25) is 5.91 Å². The maximum Gasteiger partial charge on any atom is 0.344 e. The molecule has 0 saturated heterocycles. The third-order valence-electron chi connectivity index (χ3n) is 2.71. The van der Waals surface area contributed by atoms with Crippen molar-refractivity contribution < 1.29 is 19.1 Å². The molecule has 0 aliphatic rings. The van der Waals surface area contributed by atoms with E-state index in [9.17, 15) is 9.59 Å². The number of rotatable bonds is 8. The number of ether oxygens (including phenoxy) is 2. The first-order valence-corrected chi connectivity index (χ1v) is 6.93. The highest BCUT2D eigenvalue weighted by molar-refractivity contribution is 5.85. The zero-order valence-corrected chi connectivity index (χ0v) is 13.7. The number of amides is 1. The standard InChI is InChI=1S/C15H22N2O4.ClH/c1-3-20-14(18)10-21-13-6-4-12(5-7-13)8-9-17-15(19)11(2)16;/h4-7,11H,3,8-10,16H2,1-2H3,(H,17,19);1H/t11-;/m0./s1. The number of hydrogen-bond acceptors (Lipinski definition) is 5. The van der Waals surface area contributed by atoms with Gasteiger partial charge in [-0.25, -0.2) is 4.79 Å². The van der Waals surface area contributed by atoms with Crippen LogP contribution >= 0.6 is 12.4 Å². The number of nitrogens with two attached hydrogens (primary N) is 1. The van der Waals surface area contributed by atoms with Crippen molar-refractivity contribution in [2.45, 2.75) is 26.3 Å². The minimum Gasteiger partial charge on any atom is -0.482 e. The zero-order valence-electron chi connectivity index (χ0n) is 12.8. The van der Waals surface area contributed by atoms with Gasteiger partial charge in [-0.1, -0.05) is 12.1 Å². The number of carbonyl (C=O) groups excluding carboxylic acids is 2. The molecule has 6 nitrogen and oxygen atoms in total. The molecular weight excluding hydrogens is 308 g/mol. The van der Waals surface area contributed by atoms with E-state index in [4.69, 9.17) is 15.2 Å². The minimum absolute atomic E-state index is 0. The molecule has 1 aromatic rings. The molecule has 0 saturated carbocycles. The van der Waals surface area contributed by atoms with Crippen LogP contribution in [0.1, 0.15) is 19.4 Å². The molecule has 7 heteroatoms. The van der Waals surface area contributed by atoms with Crippen LogP contribution in [0.2, 0.25) is 0 Å². The van der Waals surface area contributed by atoms with Gasteiger partial charge >= 0.3 is 5.97 Å². The van der Waals surface area contributed by atoms with Gasteiger partial charge in [-0.05, 0) is 38.0 Å². The van der Waals surface area contributed by atoms with Crippen LogP contribution in [0.4, 0.5) is 0 Å². The average Bonchev–Trinajstić information content (AvgIpc) is 2.46. The first-order valence-electron chi connectivity index (χ1n) is 6.93. The van der Waals surface area contributed by atoms with Crippen LogP contribution in [0.25, 0.3) is 0 Å². The number of nitrogens with one attached hydrogen (secondary N) is 1. The Balaban J connectivity index is 0.00000441. The second-order valence-corrected chi connectivity index (χ2v) is 4.57. The predicted octanol–water partition coefficient (Wildman–Crippen LogP) is 1.06. The molecule has 22 heavy (non-hydrogen) atoms. The second-order valence-electron chi connectivity index (χ2n) is 4.57. The van der Waals surface area contributed by atoms with E-state index in [2.05, 4.69) is 5.32 Å². The second kappa shape index (κ2) is 10.9. The predicted molar refractivity (Wildman–Crippen MR) is 86.2 cm³/mol. The van der Waals surface area contributed by atoms with Crippen molar-refractivity contribution in [1.82, 2.24) is 5.32 Å². The fraction of sp³-hybridized carbons (Fsp3) is 0.467. The van der Waals surface area contributed by atoms with Crippen molar-refractivity contribution in [1.29, 1.82) is 0 Å². The summed E-state index contributed by atoms with van der Waals surface area (Å²) in [4.78, 5) is 22.4. The van der Waals surface area contributed by atoms with E-state index < -0.39 is 6.04 Å². The molecule has 0 heterocycles. The Hall–Kier alpha value is -1.79. The van der Waals surface area contributed by atoms with Gasteiger partial charge in [-0.2, -0.15) is 0 Å². The third-order valence-corrected chi connectivity index (χ3v) is 2.71. The van der Waals surface area contributed by atoms with Gasteiger partial charge in [0.05, 0.1) is 12.6 Å². The molecule has 0 aromatic heterocycles. The smallest absolute Gasteiger partial charge is 0.344 e. The fourth-order valence-corrected chi connectivity index (χ4v) is 1.59. The Bertz CT molecular complexity index is 463. The molecule has 1 amide bonds. The van der Waals surface area contributed by atoms with Crippen LogP contribution in [0.3, 0.4) is 0 Å². The third kappa shape index (κ3) is 7.85. The van der Waals surface area contributed by atoms with E-state index in [0.29, 0.717) is 25.3 Å². The maximum atomic E-state index is 11.3. The Labute approximate surface area is 136 Å². The molecule has 0 bridgehead atoms. The summed E-state index contributed by atoms with van der Waals surface area (Å²) in [6.45, 7) is 4.16.